The average Bonchev–Trinajstić information content (AvgIpc) is 2.77. The lowest BCUT2D eigenvalue weighted by atomic mass is 10.1. The standard InChI is InChI=1S/C14H19NO.ClH/c1-2-11-4-5-14(10-12(11)3-1)16-13-6-8-15-9-7-13;/h4-5,10,13,15H,1-3,6-9H2;1H/p-1. The zero-order valence-corrected chi connectivity index (χ0v) is 10.8. The summed E-state index contributed by atoms with van der Waals surface area (Å²) in [6.45, 7) is 2.19. The molecule has 1 aliphatic heterocycles. The molecule has 0 atom stereocenters. The number of hydrogen-bond donors (Lipinski definition) is 1. The van der Waals surface area contributed by atoms with Crippen LogP contribution in [0.5, 0.6) is 5.75 Å². The second kappa shape index (κ2) is 5.74. The third-order valence-electron chi connectivity index (χ3n) is 3.66. The van der Waals surface area contributed by atoms with Crippen LogP contribution in [-0.4, -0.2) is 19.2 Å². The molecule has 0 amide bonds. The molecular weight excluding hydrogens is 234 g/mol. The smallest absolute Gasteiger partial charge is 0.120 e. The minimum atomic E-state index is 0. The summed E-state index contributed by atoms with van der Waals surface area (Å²) in [5, 5.41) is 3.36. The Balaban J connectivity index is 0.00000108. The largest absolute Gasteiger partial charge is 1.00 e. The molecule has 1 N–H and O–H groups in total. The van der Waals surface area contributed by atoms with Crippen LogP contribution < -0.4 is 22.5 Å². The van der Waals surface area contributed by atoms with Crippen molar-refractivity contribution in [1.29, 1.82) is 0 Å². The van der Waals surface area contributed by atoms with E-state index in [9.17, 15) is 0 Å². The van der Waals surface area contributed by atoms with Gasteiger partial charge in [-0.25, -0.2) is 0 Å². The highest BCUT2D eigenvalue weighted by atomic mass is 35.5. The number of benzene rings is 1. The van der Waals surface area contributed by atoms with Crippen LogP contribution in [0.15, 0.2) is 18.2 Å². The molecule has 0 saturated carbocycles. The topological polar surface area (TPSA) is 21.3 Å². The van der Waals surface area contributed by atoms with Gasteiger partial charge < -0.3 is 22.5 Å². The van der Waals surface area contributed by atoms with Gasteiger partial charge >= 0.3 is 0 Å². The van der Waals surface area contributed by atoms with Crippen molar-refractivity contribution in [2.75, 3.05) is 13.1 Å². The summed E-state index contributed by atoms with van der Waals surface area (Å²) in [4.78, 5) is 0. The predicted molar refractivity (Wildman–Crippen MR) is 65.0 cm³/mol. The van der Waals surface area contributed by atoms with Crippen molar-refractivity contribution < 1.29 is 17.1 Å². The van der Waals surface area contributed by atoms with Crippen LogP contribution >= 0.6 is 0 Å². The summed E-state index contributed by atoms with van der Waals surface area (Å²) in [5.74, 6) is 1.08. The van der Waals surface area contributed by atoms with Gasteiger partial charge in [0.2, 0.25) is 0 Å². The van der Waals surface area contributed by atoms with Crippen molar-refractivity contribution in [2.24, 2.45) is 0 Å². The Morgan fingerprint density at radius 1 is 1.06 bits per heavy atom. The van der Waals surface area contributed by atoms with Crippen LogP contribution in [0.1, 0.15) is 30.4 Å². The second-order valence-corrected chi connectivity index (χ2v) is 4.85. The van der Waals surface area contributed by atoms with Gasteiger partial charge in [-0.2, -0.15) is 0 Å². The maximum Gasteiger partial charge on any atom is 0.120 e. The highest BCUT2D eigenvalue weighted by molar-refractivity contribution is 5.38. The Bertz CT molecular complexity index is 374. The molecule has 17 heavy (non-hydrogen) atoms. The van der Waals surface area contributed by atoms with E-state index in [-0.39, 0.29) is 12.4 Å². The van der Waals surface area contributed by atoms with E-state index in [4.69, 9.17) is 4.74 Å². The molecule has 0 unspecified atom stereocenters. The molecule has 2 aliphatic rings. The van der Waals surface area contributed by atoms with E-state index in [1.165, 1.54) is 30.4 Å². The van der Waals surface area contributed by atoms with Crippen LogP contribution in [0.2, 0.25) is 0 Å². The molecule has 1 aromatic rings. The van der Waals surface area contributed by atoms with Crippen molar-refractivity contribution in [3.63, 3.8) is 0 Å². The second-order valence-electron chi connectivity index (χ2n) is 4.85. The van der Waals surface area contributed by atoms with E-state index in [1.807, 2.05) is 0 Å². The Hall–Kier alpha value is -0.730. The summed E-state index contributed by atoms with van der Waals surface area (Å²) in [5.41, 5.74) is 3.03. The maximum absolute atomic E-state index is 6.04. The number of nitrogens with one attached hydrogen (secondary N) is 1. The lowest BCUT2D eigenvalue weighted by Crippen LogP contribution is -3.00. The van der Waals surface area contributed by atoms with Crippen LogP contribution in [0, 0.1) is 0 Å². The number of hydrogen-bond acceptors (Lipinski definition) is 2. The average molecular weight is 253 g/mol. The van der Waals surface area contributed by atoms with Gasteiger partial charge in [-0.15, -0.1) is 0 Å². The van der Waals surface area contributed by atoms with Gasteiger partial charge in [-0.1, -0.05) is 6.07 Å². The van der Waals surface area contributed by atoms with Gasteiger partial charge in [0.05, 0.1) is 0 Å². The maximum atomic E-state index is 6.04. The number of aryl methyl sites for hydroxylation is 2. The third-order valence-corrected chi connectivity index (χ3v) is 3.66. The van der Waals surface area contributed by atoms with Gasteiger partial charge in [-0.3, -0.25) is 0 Å². The monoisotopic (exact) mass is 252 g/mol. The molecule has 0 bridgehead atoms. The highest BCUT2D eigenvalue weighted by Crippen LogP contribution is 2.27. The van der Waals surface area contributed by atoms with E-state index in [1.54, 1.807) is 0 Å². The Morgan fingerprint density at radius 2 is 1.82 bits per heavy atom. The molecule has 0 spiro atoms. The fraction of sp³-hybridized carbons (Fsp3) is 0.571. The normalized spacial score (nSPS) is 19.5. The summed E-state index contributed by atoms with van der Waals surface area (Å²) in [7, 11) is 0. The number of fused-ring (bicyclic) bond motifs is 1. The van der Waals surface area contributed by atoms with E-state index in [0.717, 1.165) is 31.7 Å². The molecule has 3 heteroatoms. The van der Waals surface area contributed by atoms with Crippen molar-refractivity contribution in [3.8, 4) is 5.75 Å². The lowest BCUT2D eigenvalue weighted by molar-refractivity contribution is -0.00000458. The van der Waals surface area contributed by atoms with E-state index < -0.39 is 0 Å². The fourth-order valence-electron chi connectivity index (χ4n) is 2.73. The molecular formula is C14H19ClNO-. The predicted octanol–water partition coefficient (Wildman–Crippen LogP) is -0.690. The minimum absolute atomic E-state index is 0. The molecule has 1 aliphatic carbocycles. The van der Waals surface area contributed by atoms with Gasteiger partial charge in [-0.05, 0) is 68.5 Å². The van der Waals surface area contributed by atoms with Gasteiger partial charge in [0.1, 0.15) is 11.9 Å². The first-order valence-electron chi connectivity index (χ1n) is 6.41. The van der Waals surface area contributed by atoms with Crippen LogP contribution in [0.4, 0.5) is 0 Å². The third kappa shape index (κ3) is 2.93. The van der Waals surface area contributed by atoms with Crippen LogP contribution in [-0.2, 0) is 12.8 Å². The molecule has 0 aromatic heterocycles. The molecule has 0 radical (unpaired) electrons. The highest BCUT2D eigenvalue weighted by Gasteiger charge is 2.16. The number of ether oxygens (including phenoxy) is 1. The van der Waals surface area contributed by atoms with Crippen molar-refractivity contribution >= 4 is 0 Å². The number of halogens is 1. The summed E-state index contributed by atoms with van der Waals surface area (Å²) in [6, 6.07) is 6.65. The van der Waals surface area contributed by atoms with Crippen LogP contribution in [0.3, 0.4) is 0 Å². The van der Waals surface area contributed by atoms with Gasteiger partial charge in [0, 0.05) is 0 Å². The Kier molecular flexibility index (Phi) is 4.30. The van der Waals surface area contributed by atoms with Crippen LogP contribution in [0.25, 0.3) is 0 Å². The van der Waals surface area contributed by atoms with Gasteiger partial charge in [0.25, 0.3) is 0 Å². The molecule has 2 nitrogen and oxygen atoms in total. The molecule has 1 fully saturated rings. The molecule has 94 valence electrons. The number of piperidine rings is 1. The molecule has 3 rings (SSSR count). The Morgan fingerprint density at radius 3 is 2.65 bits per heavy atom. The first kappa shape index (κ1) is 12.7. The molecule has 1 saturated heterocycles. The van der Waals surface area contributed by atoms with E-state index >= 15 is 0 Å². The quantitative estimate of drug-likeness (QED) is 0.753. The lowest BCUT2D eigenvalue weighted by Gasteiger charge is -2.24. The summed E-state index contributed by atoms with van der Waals surface area (Å²) < 4.78 is 6.04. The SMILES string of the molecule is [Cl-].c1cc2c(cc1OC1CCNCC1)CCC2. The number of rotatable bonds is 2. The zero-order valence-electron chi connectivity index (χ0n) is 10.0. The minimum Gasteiger partial charge on any atom is -1.00 e. The summed E-state index contributed by atoms with van der Waals surface area (Å²) in [6.07, 6.45) is 6.49. The fourth-order valence-corrected chi connectivity index (χ4v) is 2.73. The van der Waals surface area contributed by atoms with Crippen molar-refractivity contribution in [1.82, 2.24) is 5.32 Å². The zero-order chi connectivity index (χ0) is 10.8. The van der Waals surface area contributed by atoms with E-state index in [2.05, 4.69) is 23.5 Å². The first-order chi connectivity index (χ1) is 7.92. The van der Waals surface area contributed by atoms with Crippen molar-refractivity contribution in [2.45, 2.75) is 38.2 Å². The van der Waals surface area contributed by atoms with Gasteiger partial charge in [0.15, 0.2) is 0 Å². The first-order valence-corrected chi connectivity index (χ1v) is 6.41. The summed E-state index contributed by atoms with van der Waals surface area (Å²) >= 11 is 0. The van der Waals surface area contributed by atoms with Crippen molar-refractivity contribution in [3.05, 3.63) is 29.3 Å². The Labute approximate surface area is 109 Å². The van der Waals surface area contributed by atoms with E-state index in [0.29, 0.717) is 6.10 Å². The molecule has 1 heterocycles. The molecule has 1 aromatic carbocycles.